The Balaban J connectivity index is 1.89. The van der Waals surface area contributed by atoms with Gasteiger partial charge in [-0.3, -0.25) is 0 Å². The highest BCUT2D eigenvalue weighted by Crippen LogP contribution is 2.49. The van der Waals surface area contributed by atoms with E-state index in [1.165, 1.54) is 0 Å². The third-order valence-electron chi connectivity index (χ3n) is 4.63. The molecule has 0 saturated carbocycles. The molecule has 7 nitrogen and oxygen atoms in total. The molecule has 3 rings (SSSR count). The minimum atomic E-state index is 0.00287. The second-order valence-corrected chi connectivity index (χ2v) is 6.26. The molecule has 2 amide bonds. The molecule has 1 aromatic heterocycles. The highest BCUT2D eigenvalue weighted by Gasteiger charge is 2.51. The van der Waals surface area contributed by atoms with Crippen LogP contribution in [0.25, 0.3) is 0 Å². The van der Waals surface area contributed by atoms with Crippen molar-refractivity contribution < 1.29 is 14.1 Å². The van der Waals surface area contributed by atoms with Gasteiger partial charge in [0.2, 0.25) is 5.89 Å². The molecule has 1 spiro atoms. The molecule has 3 heterocycles. The molecular formula is C14H22N4O3. The van der Waals surface area contributed by atoms with Crippen LogP contribution in [-0.2, 0) is 4.74 Å². The number of hydrogen-bond acceptors (Lipinski definition) is 5. The number of amides is 2. The lowest BCUT2D eigenvalue weighted by Crippen LogP contribution is -2.40. The van der Waals surface area contributed by atoms with Gasteiger partial charge in [0.15, 0.2) is 5.82 Å². The summed E-state index contributed by atoms with van der Waals surface area (Å²) in [5, 5.41) is 3.91. The van der Waals surface area contributed by atoms with E-state index in [0.29, 0.717) is 18.3 Å². The van der Waals surface area contributed by atoms with E-state index in [4.69, 9.17) is 9.26 Å². The topological polar surface area (TPSA) is 71.7 Å². The van der Waals surface area contributed by atoms with Crippen LogP contribution in [0.4, 0.5) is 4.79 Å². The van der Waals surface area contributed by atoms with Crippen molar-refractivity contribution in [2.45, 2.75) is 25.7 Å². The molecule has 0 aliphatic carbocycles. The van der Waals surface area contributed by atoms with Crippen LogP contribution >= 0.6 is 0 Å². The van der Waals surface area contributed by atoms with Gasteiger partial charge in [-0.2, -0.15) is 4.98 Å². The molecule has 1 atom stereocenters. The molecule has 21 heavy (non-hydrogen) atoms. The van der Waals surface area contributed by atoms with E-state index in [-0.39, 0.29) is 17.4 Å². The first-order valence-electron chi connectivity index (χ1n) is 7.36. The molecule has 0 aromatic carbocycles. The van der Waals surface area contributed by atoms with Crippen LogP contribution in [0, 0.1) is 12.3 Å². The largest absolute Gasteiger partial charge is 0.381 e. The molecule has 0 N–H and O–H groups in total. The average molecular weight is 294 g/mol. The van der Waals surface area contributed by atoms with Crippen LogP contribution < -0.4 is 0 Å². The molecule has 0 radical (unpaired) electrons. The number of carbonyl (C=O) groups excluding carboxylic acids is 1. The van der Waals surface area contributed by atoms with Gasteiger partial charge in [0.25, 0.3) is 0 Å². The lowest BCUT2D eigenvalue weighted by Gasteiger charge is -2.36. The minimum Gasteiger partial charge on any atom is -0.381 e. The van der Waals surface area contributed by atoms with Crippen LogP contribution in [-0.4, -0.2) is 66.4 Å². The first kappa shape index (κ1) is 14.3. The van der Waals surface area contributed by atoms with Crippen molar-refractivity contribution in [2.24, 2.45) is 5.41 Å². The van der Waals surface area contributed by atoms with Crippen LogP contribution in [0.3, 0.4) is 0 Å². The van der Waals surface area contributed by atoms with E-state index in [2.05, 4.69) is 10.1 Å². The van der Waals surface area contributed by atoms with Gasteiger partial charge in [0, 0.05) is 45.8 Å². The van der Waals surface area contributed by atoms with Crippen LogP contribution in [0.1, 0.15) is 30.5 Å². The summed E-state index contributed by atoms with van der Waals surface area (Å²) >= 11 is 0. The molecule has 2 aliphatic rings. The highest BCUT2D eigenvalue weighted by molar-refractivity contribution is 5.74. The van der Waals surface area contributed by atoms with E-state index in [9.17, 15) is 4.79 Å². The maximum Gasteiger partial charge on any atom is 0.319 e. The second-order valence-electron chi connectivity index (χ2n) is 6.26. The molecule has 7 heteroatoms. The number of ether oxygens (including phenoxy) is 1. The Morgan fingerprint density at radius 2 is 2.10 bits per heavy atom. The average Bonchev–Trinajstić information content (AvgIpc) is 3.03. The first-order chi connectivity index (χ1) is 10.0. The van der Waals surface area contributed by atoms with E-state index < -0.39 is 0 Å². The minimum absolute atomic E-state index is 0.00287. The van der Waals surface area contributed by atoms with Gasteiger partial charge >= 0.3 is 6.03 Å². The number of likely N-dealkylation sites (tertiary alicyclic amines) is 1. The Labute approximate surface area is 124 Å². The lowest BCUT2D eigenvalue weighted by atomic mass is 9.72. The maximum absolute atomic E-state index is 12.3. The zero-order chi connectivity index (χ0) is 15.0. The molecule has 1 aromatic rings. The first-order valence-corrected chi connectivity index (χ1v) is 7.36. The summed E-state index contributed by atoms with van der Waals surface area (Å²) in [6, 6.07) is 0.0413. The smallest absolute Gasteiger partial charge is 0.319 e. The van der Waals surface area contributed by atoms with Crippen molar-refractivity contribution in [2.75, 3.05) is 40.4 Å². The number of rotatable bonds is 1. The monoisotopic (exact) mass is 294 g/mol. The Morgan fingerprint density at radius 1 is 1.38 bits per heavy atom. The molecule has 2 saturated heterocycles. The molecule has 116 valence electrons. The summed E-state index contributed by atoms with van der Waals surface area (Å²) in [5.41, 5.74) is 0.00287. The van der Waals surface area contributed by atoms with Gasteiger partial charge in [0.1, 0.15) is 0 Å². The molecule has 0 unspecified atom stereocenters. The zero-order valence-corrected chi connectivity index (χ0v) is 12.8. The van der Waals surface area contributed by atoms with Gasteiger partial charge in [-0.05, 0) is 19.8 Å². The van der Waals surface area contributed by atoms with Gasteiger partial charge in [-0.25, -0.2) is 4.79 Å². The second kappa shape index (κ2) is 5.29. The number of carbonyl (C=O) groups is 1. The fraction of sp³-hybridized carbons (Fsp3) is 0.786. The summed E-state index contributed by atoms with van der Waals surface area (Å²) in [6.07, 6.45) is 1.85. The van der Waals surface area contributed by atoms with Crippen LogP contribution in [0.5, 0.6) is 0 Å². The van der Waals surface area contributed by atoms with Crippen LogP contribution in [0.2, 0.25) is 0 Å². The van der Waals surface area contributed by atoms with Gasteiger partial charge in [0.05, 0.1) is 5.92 Å². The third-order valence-corrected chi connectivity index (χ3v) is 4.63. The van der Waals surface area contributed by atoms with Crippen molar-refractivity contribution in [1.82, 2.24) is 19.9 Å². The lowest BCUT2D eigenvalue weighted by molar-refractivity contribution is 0.00911. The third kappa shape index (κ3) is 2.50. The Bertz CT molecular complexity index is 522. The number of hydrogen-bond donors (Lipinski definition) is 0. The van der Waals surface area contributed by atoms with Crippen molar-refractivity contribution in [3.05, 3.63) is 11.7 Å². The van der Waals surface area contributed by atoms with Gasteiger partial charge in [-0.1, -0.05) is 5.16 Å². The van der Waals surface area contributed by atoms with E-state index in [0.717, 1.165) is 32.6 Å². The number of nitrogens with zero attached hydrogens (tertiary/aromatic N) is 4. The predicted octanol–water partition coefficient (Wildman–Crippen LogP) is 1.26. The molecule has 2 aliphatic heterocycles. The quantitative estimate of drug-likeness (QED) is 0.779. The predicted molar refractivity (Wildman–Crippen MR) is 74.9 cm³/mol. The van der Waals surface area contributed by atoms with Gasteiger partial charge < -0.3 is 19.1 Å². The summed E-state index contributed by atoms with van der Waals surface area (Å²) in [6.45, 7) is 4.65. The normalized spacial score (nSPS) is 24.5. The molecular weight excluding hydrogens is 272 g/mol. The zero-order valence-electron chi connectivity index (χ0n) is 12.8. The van der Waals surface area contributed by atoms with E-state index >= 15 is 0 Å². The molecule has 0 bridgehead atoms. The fourth-order valence-electron chi connectivity index (χ4n) is 3.48. The fourth-order valence-corrected chi connectivity index (χ4v) is 3.48. The van der Waals surface area contributed by atoms with E-state index in [1.54, 1.807) is 19.0 Å². The summed E-state index contributed by atoms with van der Waals surface area (Å²) in [7, 11) is 3.56. The summed E-state index contributed by atoms with van der Waals surface area (Å²) in [4.78, 5) is 20.2. The number of urea groups is 1. The SMILES string of the molecule is Cc1noc([C@@H]2CN(C(=O)N(C)C)CC23CCOCC3)n1. The van der Waals surface area contributed by atoms with Crippen molar-refractivity contribution in [3.8, 4) is 0 Å². The standard InChI is InChI=1S/C14H22N4O3/c1-10-15-12(21-16-10)11-8-18(13(19)17(2)3)9-14(11)4-6-20-7-5-14/h11H,4-9H2,1-3H3/t11-/m0/s1. The van der Waals surface area contributed by atoms with Crippen molar-refractivity contribution >= 4 is 6.03 Å². The van der Waals surface area contributed by atoms with Crippen molar-refractivity contribution in [3.63, 3.8) is 0 Å². The summed E-state index contributed by atoms with van der Waals surface area (Å²) in [5.74, 6) is 1.40. The Hall–Kier alpha value is -1.63. The van der Waals surface area contributed by atoms with Crippen molar-refractivity contribution in [1.29, 1.82) is 0 Å². The maximum atomic E-state index is 12.3. The molecule has 2 fully saturated rings. The van der Waals surface area contributed by atoms with E-state index in [1.807, 2.05) is 11.8 Å². The van der Waals surface area contributed by atoms with Gasteiger partial charge in [-0.15, -0.1) is 0 Å². The Kier molecular flexibility index (Phi) is 3.61. The van der Waals surface area contributed by atoms with Crippen LogP contribution in [0.15, 0.2) is 4.52 Å². The number of aryl methyl sites for hydroxylation is 1. The number of aromatic nitrogens is 2. The summed E-state index contributed by atoms with van der Waals surface area (Å²) < 4.78 is 10.9. The Morgan fingerprint density at radius 3 is 2.67 bits per heavy atom. The highest BCUT2D eigenvalue weighted by atomic mass is 16.5.